The van der Waals surface area contributed by atoms with Gasteiger partial charge in [0.05, 0.1) is 22.0 Å². The Morgan fingerprint density at radius 3 is 2.90 bits per heavy atom. The van der Waals surface area contributed by atoms with Gasteiger partial charge in [-0.25, -0.2) is 9.97 Å². The Balaban J connectivity index is 1.72. The molecule has 0 fully saturated rings. The lowest BCUT2D eigenvalue weighted by atomic mass is 10.3. The summed E-state index contributed by atoms with van der Waals surface area (Å²) in [4.78, 5) is 8.50. The molecule has 0 spiro atoms. The average Bonchev–Trinajstić information content (AvgIpc) is 2.90. The zero-order valence-electron chi connectivity index (χ0n) is 10.3. The van der Waals surface area contributed by atoms with E-state index in [-0.39, 0.29) is 0 Å². The topological polar surface area (TPSA) is 74.0 Å². The van der Waals surface area contributed by atoms with Gasteiger partial charge in [0, 0.05) is 6.20 Å². The van der Waals surface area contributed by atoms with Gasteiger partial charge in [-0.15, -0.1) is 11.3 Å². The Hall–Kier alpha value is -2.78. The molecule has 0 radical (unpaired) electrons. The minimum absolute atomic E-state index is 0.519. The zero-order chi connectivity index (χ0) is 13.8. The summed E-state index contributed by atoms with van der Waals surface area (Å²) in [5, 5.41) is 13.6. The highest BCUT2D eigenvalue weighted by atomic mass is 32.1. The third kappa shape index (κ3) is 2.63. The van der Waals surface area contributed by atoms with E-state index in [1.165, 1.54) is 6.20 Å². The van der Waals surface area contributed by atoms with Gasteiger partial charge in [-0.1, -0.05) is 12.1 Å². The summed E-state index contributed by atoms with van der Waals surface area (Å²) in [6.45, 7) is 0. The van der Waals surface area contributed by atoms with Gasteiger partial charge in [-0.2, -0.15) is 10.4 Å². The van der Waals surface area contributed by atoms with E-state index in [4.69, 9.17) is 5.26 Å². The van der Waals surface area contributed by atoms with E-state index in [0.717, 1.165) is 15.2 Å². The molecule has 1 aromatic carbocycles. The van der Waals surface area contributed by atoms with Crippen LogP contribution in [-0.4, -0.2) is 16.2 Å². The van der Waals surface area contributed by atoms with Crippen LogP contribution in [0.3, 0.4) is 0 Å². The van der Waals surface area contributed by atoms with Crippen molar-refractivity contribution in [1.29, 1.82) is 5.26 Å². The smallest absolute Gasteiger partial charge is 0.146 e. The van der Waals surface area contributed by atoms with Crippen molar-refractivity contribution in [1.82, 2.24) is 9.97 Å². The summed E-state index contributed by atoms with van der Waals surface area (Å²) in [5.41, 5.74) is 4.29. The first kappa shape index (κ1) is 12.3. The van der Waals surface area contributed by atoms with Crippen molar-refractivity contribution >= 4 is 33.6 Å². The third-order valence-electron chi connectivity index (χ3n) is 2.56. The predicted octanol–water partition coefficient (Wildman–Crippen LogP) is 3.01. The van der Waals surface area contributed by atoms with Crippen LogP contribution in [0.15, 0.2) is 47.7 Å². The lowest BCUT2D eigenvalue weighted by molar-refractivity contribution is 1.22. The Labute approximate surface area is 119 Å². The van der Waals surface area contributed by atoms with Crippen molar-refractivity contribution in [3.8, 4) is 6.07 Å². The lowest BCUT2D eigenvalue weighted by Crippen LogP contribution is -1.93. The predicted molar refractivity (Wildman–Crippen MR) is 79.8 cm³/mol. The molecule has 0 amide bonds. The van der Waals surface area contributed by atoms with Crippen LogP contribution >= 0.6 is 11.3 Å². The van der Waals surface area contributed by atoms with Gasteiger partial charge in [0.15, 0.2) is 0 Å². The van der Waals surface area contributed by atoms with Crippen LogP contribution in [-0.2, 0) is 0 Å². The summed E-state index contributed by atoms with van der Waals surface area (Å²) in [5.74, 6) is 0.585. The average molecular weight is 279 g/mol. The Bertz CT molecular complexity index is 765. The van der Waals surface area contributed by atoms with Crippen molar-refractivity contribution in [3.63, 3.8) is 0 Å². The molecule has 2 heterocycles. The van der Waals surface area contributed by atoms with Gasteiger partial charge in [0.1, 0.15) is 16.9 Å². The number of hydrogen-bond acceptors (Lipinski definition) is 6. The molecule has 0 bridgehead atoms. The van der Waals surface area contributed by atoms with Crippen molar-refractivity contribution in [2.45, 2.75) is 0 Å². The van der Waals surface area contributed by atoms with Gasteiger partial charge in [0.2, 0.25) is 0 Å². The molecule has 20 heavy (non-hydrogen) atoms. The van der Waals surface area contributed by atoms with Crippen LogP contribution in [0.25, 0.3) is 10.2 Å². The van der Waals surface area contributed by atoms with Gasteiger partial charge in [-0.05, 0) is 24.3 Å². The minimum atomic E-state index is 0.519. The number of para-hydroxylation sites is 1. The van der Waals surface area contributed by atoms with Crippen LogP contribution in [0.1, 0.15) is 10.6 Å². The number of thiazole rings is 1. The monoisotopic (exact) mass is 279 g/mol. The van der Waals surface area contributed by atoms with Gasteiger partial charge in [0.25, 0.3) is 0 Å². The summed E-state index contributed by atoms with van der Waals surface area (Å²) >= 11 is 1.57. The second-order valence-electron chi connectivity index (χ2n) is 3.93. The highest BCUT2D eigenvalue weighted by Crippen LogP contribution is 2.20. The minimum Gasteiger partial charge on any atom is -0.261 e. The number of pyridine rings is 1. The molecule has 2 aromatic heterocycles. The Morgan fingerprint density at radius 2 is 2.15 bits per heavy atom. The van der Waals surface area contributed by atoms with Crippen LogP contribution in [0.5, 0.6) is 0 Å². The van der Waals surface area contributed by atoms with Crippen molar-refractivity contribution in [2.24, 2.45) is 5.10 Å². The second kappa shape index (κ2) is 5.47. The molecular formula is C14H9N5S. The highest BCUT2D eigenvalue weighted by Gasteiger charge is 1.99. The number of nitriles is 1. The number of nitrogens with one attached hydrogen (secondary N) is 1. The Morgan fingerprint density at radius 1 is 1.25 bits per heavy atom. The number of hydrazone groups is 1. The second-order valence-corrected chi connectivity index (χ2v) is 5.00. The number of fused-ring (bicyclic) bond motifs is 1. The number of hydrogen-bond donors (Lipinski definition) is 1. The normalized spacial score (nSPS) is 10.8. The first-order valence-electron chi connectivity index (χ1n) is 5.86. The molecule has 0 saturated heterocycles. The van der Waals surface area contributed by atoms with Crippen LogP contribution in [0.2, 0.25) is 0 Å². The van der Waals surface area contributed by atoms with E-state index in [1.54, 1.807) is 29.7 Å². The molecule has 0 saturated carbocycles. The first-order valence-corrected chi connectivity index (χ1v) is 6.67. The molecule has 5 nitrogen and oxygen atoms in total. The molecule has 0 aliphatic heterocycles. The van der Waals surface area contributed by atoms with Gasteiger partial charge < -0.3 is 0 Å². The molecule has 0 atom stereocenters. The SMILES string of the molecule is N#Cc1ccc(NN=Cc2nc3ccccc3s2)nc1. The lowest BCUT2D eigenvalue weighted by Gasteiger charge is -1.97. The fourth-order valence-electron chi connectivity index (χ4n) is 1.63. The van der Waals surface area contributed by atoms with E-state index in [1.807, 2.05) is 30.3 Å². The summed E-state index contributed by atoms with van der Waals surface area (Å²) in [6, 6.07) is 13.3. The summed E-state index contributed by atoms with van der Waals surface area (Å²) < 4.78 is 1.13. The molecule has 1 N–H and O–H groups in total. The third-order valence-corrected chi connectivity index (χ3v) is 3.53. The maximum atomic E-state index is 8.68. The number of rotatable bonds is 3. The van der Waals surface area contributed by atoms with E-state index in [0.29, 0.717) is 11.4 Å². The zero-order valence-corrected chi connectivity index (χ0v) is 11.1. The largest absolute Gasteiger partial charge is 0.261 e. The summed E-state index contributed by atoms with van der Waals surface area (Å²) in [7, 11) is 0. The summed E-state index contributed by atoms with van der Waals surface area (Å²) in [6.07, 6.45) is 3.15. The number of aromatic nitrogens is 2. The molecule has 0 unspecified atom stereocenters. The van der Waals surface area contributed by atoms with Crippen molar-refractivity contribution < 1.29 is 0 Å². The Kier molecular flexibility index (Phi) is 3.35. The highest BCUT2D eigenvalue weighted by molar-refractivity contribution is 7.20. The van der Waals surface area contributed by atoms with Crippen molar-refractivity contribution in [2.75, 3.05) is 5.43 Å². The van der Waals surface area contributed by atoms with Crippen molar-refractivity contribution in [3.05, 3.63) is 53.2 Å². The first-order chi connectivity index (χ1) is 9.85. The van der Waals surface area contributed by atoms with E-state index in [2.05, 4.69) is 20.5 Å². The maximum absolute atomic E-state index is 8.68. The number of anilines is 1. The van der Waals surface area contributed by atoms with E-state index in [9.17, 15) is 0 Å². The molecule has 3 rings (SSSR count). The molecular weight excluding hydrogens is 270 g/mol. The quantitative estimate of drug-likeness (QED) is 0.590. The van der Waals surface area contributed by atoms with Gasteiger partial charge in [-0.3, -0.25) is 5.43 Å². The molecule has 3 aromatic rings. The van der Waals surface area contributed by atoms with E-state index >= 15 is 0 Å². The molecule has 96 valence electrons. The standard InChI is InChI=1S/C14H9N5S/c15-7-10-5-6-13(16-8-10)19-17-9-14-18-11-3-1-2-4-12(11)20-14/h1-6,8-9H,(H,16,19). The van der Waals surface area contributed by atoms with Crippen LogP contribution in [0, 0.1) is 11.3 Å². The number of nitrogens with zero attached hydrogens (tertiary/aromatic N) is 4. The molecule has 0 aliphatic carbocycles. The van der Waals surface area contributed by atoms with Crippen LogP contribution < -0.4 is 5.43 Å². The maximum Gasteiger partial charge on any atom is 0.146 e. The fraction of sp³-hybridized carbons (Fsp3) is 0. The van der Waals surface area contributed by atoms with E-state index < -0.39 is 0 Å². The van der Waals surface area contributed by atoms with Crippen LogP contribution in [0.4, 0.5) is 5.82 Å². The molecule has 6 heteroatoms. The fourth-order valence-corrected chi connectivity index (χ4v) is 2.46. The van der Waals surface area contributed by atoms with Gasteiger partial charge >= 0.3 is 0 Å². The molecule has 0 aliphatic rings. The number of benzene rings is 1.